The van der Waals surface area contributed by atoms with E-state index in [-0.39, 0.29) is 18.1 Å². The van der Waals surface area contributed by atoms with Crippen LogP contribution >= 0.6 is 0 Å². The topological polar surface area (TPSA) is 87.7 Å². The Labute approximate surface area is 227 Å². The van der Waals surface area contributed by atoms with Crippen molar-refractivity contribution >= 4 is 23.1 Å². The van der Waals surface area contributed by atoms with Gasteiger partial charge < -0.3 is 14.0 Å². The van der Waals surface area contributed by atoms with Crippen LogP contribution in [0.1, 0.15) is 67.7 Å². The van der Waals surface area contributed by atoms with Crippen LogP contribution in [0.2, 0.25) is 0 Å². The van der Waals surface area contributed by atoms with Crippen LogP contribution in [0.25, 0.3) is 16.6 Å². The lowest BCUT2D eigenvalue weighted by atomic mass is 9.88. The number of ether oxygens (including phenoxy) is 2. The van der Waals surface area contributed by atoms with E-state index in [0.29, 0.717) is 17.7 Å². The van der Waals surface area contributed by atoms with Gasteiger partial charge in [0, 0.05) is 28.6 Å². The van der Waals surface area contributed by atoms with Crippen LogP contribution in [0.15, 0.2) is 64.5 Å². The summed E-state index contributed by atoms with van der Waals surface area (Å²) in [5.41, 5.74) is 4.50. The molecule has 1 fully saturated rings. The zero-order chi connectivity index (χ0) is 27.4. The molecule has 4 aromatic rings. The van der Waals surface area contributed by atoms with Gasteiger partial charge in [0.1, 0.15) is 11.6 Å². The second kappa shape index (κ2) is 11.7. The highest BCUT2D eigenvalue weighted by molar-refractivity contribution is 5.82. The Morgan fingerprint density at radius 2 is 1.82 bits per heavy atom. The smallest absolute Gasteiger partial charge is 0.344 e. The van der Waals surface area contributed by atoms with Gasteiger partial charge in [-0.25, -0.2) is 9.78 Å². The fourth-order valence-corrected chi connectivity index (χ4v) is 5.35. The molecule has 0 aliphatic heterocycles. The van der Waals surface area contributed by atoms with E-state index in [9.17, 15) is 9.59 Å². The Morgan fingerprint density at radius 3 is 2.56 bits per heavy atom. The Kier molecular flexibility index (Phi) is 7.91. The van der Waals surface area contributed by atoms with Crippen molar-refractivity contribution in [3.05, 3.63) is 87.7 Å². The number of carbonyl (C=O) groups is 1. The van der Waals surface area contributed by atoms with Gasteiger partial charge in [0.05, 0.1) is 23.7 Å². The minimum absolute atomic E-state index is 0.124. The largest absolute Gasteiger partial charge is 0.482 e. The predicted molar refractivity (Wildman–Crippen MR) is 152 cm³/mol. The molecule has 5 rings (SSSR count). The van der Waals surface area contributed by atoms with Gasteiger partial charge in [0.15, 0.2) is 6.61 Å². The van der Waals surface area contributed by atoms with Gasteiger partial charge in [-0.05, 0) is 76.1 Å². The fraction of sp³-hybridized carbons (Fsp3) is 0.355. The number of esters is 1. The third-order valence-corrected chi connectivity index (χ3v) is 7.29. The number of para-hydroxylation sites is 1. The summed E-state index contributed by atoms with van der Waals surface area (Å²) in [6.45, 7) is 6.03. The summed E-state index contributed by atoms with van der Waals surface area (Å²) < 4.78 is 14.1. The van der Waals surface area contributed by atoms with Crippen LogP contribution < -0.4 is 10.3 Å². The van der Waals surface area contributed by atoms with Gasteiger partial charge >= 0.3 is 5.97 Å². The third-order valence-electron chi connectivity index (χ3n) is 7.29. The molecule has 2 aromatic carbocycles. The van der Waals surface area contributed by atoms with E-state index in [1.54, 1.807) is 13.1 Å². The molecule has 0 atom stereocenters. The molecule has 39 heavy (non-hydrogen) atoms. The average Bonchev–Trinajstić information content (AvgIpc) is 3.24. The zero-order valence-electron chi connectivity index (χ0n) is 22.7. The number of nitrogens with zero attached hydrogens (tertiary/aromatic N) is 4. The molecule has 0 N–H and O–H groups in total. The first kappa shape index (κ1) is 26.4. The number of rotatable bonds is 8. The lowest BCUT2D eigenvalue weighted by Crippen LogP contribution is -2.25. The Morgan fingerprint density at radius 1 is 1.08 bits per heavy atom. The lowest BCUT2D eigenvalue weighted by Gasteiger charge is -2.22. The average molecular weight is 527 g/mol. The SMILES string of the molecule is CCOC(=O)COc1ccc(-n2c(C)cc(C=Nn3c(C4CCCCC4)nc4ccccc4c3=O)c2C)cc1. The monoisotopic (exact) mass is 526 g/mol. The Hall–Kier alpha value is -4.20. The number of hydrogen-bond acceptors (Lipinski definition) is 6. The lowest BCUT2D eigenvalue weighted by molar-refractivity contribution is -0.145. The van der Waals surface area contributed by atoms with Gasteiger partial charge in [0.2, 0.25) is 0 Å². The summed E-state index contributed by atoms with van der Waals surface area (Å²) in [5.74, 6) is 1.18. The van der Waals surface area contributed by atoms with Crippen LogP contribution in [-0.4, -0.2) is 39.6 Å². The van der Waals surface area contributed by atoms with Crippen molar-refractivity contribution in [1.29, 1.82) is 0 Å². The van der Waals surface area contributed by atoms with E-state index >= 15 is 0 Å². The summed E-state index contributed by atoms with van der Waals surface area (Å²) in [6, 6.07) is 17.1. The molecule has 202 valence electrons. The molecule has 8 heteroatoms. The minimum Gasteiger partial charge on any atom is -0.482 e. The van der Waals surface area contributed by atoms with Crippen LogP contribution in [0.4, 0.5) is 0 Å². The molecule has 0 unspecified atom stereocenters. The molecule has 1 aliphatic rings. The van der Waals surface area contributed by atoms with E-state index in [1.165, 1.54) is 11.1 Å². The van der Waals surface area contributed by atoms with Crippen molar-refractivity contribution in [2.75, 3.05) is 13.2 Å². The molecule has 0 spiro atoms. The van der Waals surface area contributed by atoms with Gasteiger partial charge in [-0.15, -0.1) is 0 Å². The van der Waals surface area contributed by atoms with Gasteiger partial charge in [-0.2, -0.15) is 9.78 Å². The van der Waals surface area contributed by atoms with Crippen molar-refractivity contribution in [2.45, 2.75) is 58.8 Å². The zero-order valence-corrected chi connectivity index (χ0v) is 22.7. The van der Waals surface area contributed by atoms with Gasteiger partial charge in [-0.3, -0.25) is 4.79 Å². The number of hydrogen-bond donors (Lipinski definition) is 0. The second-order valence-electron chi connectivity index (χ2n) is 9.93. The van der Waals surface area contributed by atoms with Gasteiger partial charge in [-0.1, -0.05) is 31.4 Å². The Bertz CT molecular complexity index is 1560. The molecule has 8 nitrogen and oxygen atoms in total. The predicted octanol–water partition coefficient (Wildman–Crippen LogP) is 5.68. The molecule has 1 aliphatic carbocycles. The van der Waals surface area contributed by atoms with Crippen molar-refractivity contribution in [3.8, 4) is 11.4 Å². The maximum absolute atomic E-state index is 13.5. The third kappa shape index (κ3) is 5.65. The van der Waals surface area contributed by atoms with Crippen molar-refractivity contribution in [3.63, 3.8) is 0 Å². The summed E-state index contributed by atoms with van der Waals surface area (Å²) >= 11 is 0. The van der Waals surface area contributed by atoms with Crippen molar-refractivity contribution in [1.82, 2.24) is 14.2 Å². The molecule has 0 amide bonds. The van der Waals surface area contributed by atoms with E-state index in [2.05, 4.69) is 10.6 Å². The van der Waals surface area contributed by atoms with Crippen LogP contribution in [-0.2, 0) is 9.53 Å². The first-order valence-corrected chi connectivity index (χ1v) is 13.6. The first-order chi connectivity index (χ1) is 19.0. The molecule has 2 heterocycles. The van der Waals surface area contributed by atoms with Crippen molar-refractivity contribution < 1.29 is 14.3 Å². The molecular formula is C31H34N4O4. The maximum atomic E-state index is 13.5. The highest BCUT2D eigenvalue weighted by Gasteiger charge is 2.22. The first-order valence-electron chi connectivity index (χ1n) is 13.6. The number of carbonyl (C=O) groups excluding carboxylic acids is 1. The van der Waals surface area contributed by atoms with Crippen LogP contribution in [0, 0.1) is 13.8 Å². The van der Waals surface area contributed by atoms with E-state index in [0.717, 1.165) is 59.7 Å². The molecular weight excluding hydrogens is 492 g/mol. The second-order valence-corrected chi connectivity index (χ2v) is 9.93. The molecule has 0 radical (unpaired) electrons. The quantitative estimate of drug-likeness (QED) is 0.218. The number of fused-ring (bicyclic) bond motifs is 1. The normalized spacial score (nSPS) is 14.2. The summed E-state index contributed by atoms with van der Waals surface area (Å²) in [4.78, 5) is 30.0. The minimum atomic E-state index is -0.394. The molecule has 1 saturated carbocycles. The molecule has 0 bridgehead atoms. The number of aryl methyl sites for hydroxylation is 1. The van der Waals surface area contributed by atoms with Crippen LogP contribution in [0.5, 0.6) is 5.75 Å². The summed E-state index contributed by atoms with van der Waals surface area (Å²) in [5, 5.41) is 5.29. The Balaban J connectivity index is 1.45. The highest BCUT2D eigenvalue weighted by Crippen LogP contribution is 2.32. The highest BCUT2D eigenvalue weighted by atomic mass is 16.6. The fourth-order valence-electron chi connectivity index (χ4n) is 5.35. The molecule has 0 saturated heterocycles. The van der Waals surface area contributed by atoms with E-state index in [1.807, 2.05) is 62.4 Å². The van der Waals surface area contributed by atoms with Gasteiger partial charge in [0.25, 0.3) is 5.56 Å². The number of benzene rings is 2. The number of aromatic nitrogens is 3. The standard InChI is InChI=1S/C31H34N4O4/c1-4-38-29(36)20-39-26-16-14-25(15-17-26)34-21(2)18-24(22(34)3)19-32-35-30(23-10-6-5-7-11-23)33-28-13-9-8-12-27(28)31(35)37/h8-9,12-19,23H,4-7,10-11,20H2,1-3H3. The summed E-state index contributed by atoms with van der Waals surface area (Å²) in [7, 11) is 0. The summed E-state index contributed by atoms with van der Waals surface area (Å²) in [6.07, 6.45) is 7.32. The van der Waals surface area contributed by atoms with Crippen LogP contribution in [0.3, 0.4) is 0 Å². The maximum Gasteiger partial charge on any atom is 0.344 e. The van der Waals surface area contributed by atoms with E-state index in [4.69, 9.17) is 19.6 Å². The van der Waals surface area contributed by atoms with Crippen molar-refractivity contribution in [2.24, 2.45) is 5.10 Å². The molecule has 2 aromatic heterocycles. The van der Waals surface area contributed by atoms with E-state index < -0.39 is 5.97 Å².